The van der Waals surface area contributed by atoms with Crippen molar-refractivity contribution in [1.29, 1.82) is 0 Å². The van der Waals surface area contributed by atoms with Crippen molar-refractivity contribution >= 4 is 17.4 Å². The highest BCUT2D eigenvalue weighted by Gasteiger charge is 2.49. The second-order valence-electron chi connectivity index (χ2n) is 11.2. The molecule has 1 amide bonds. The average molecular weight is 599 g/mol. The van der Waals surface area contributed by atoms with Crippen LogP contribution in [0.2, 0.25) is 0 Å². The minimum atomic E-state index is -5.01. The normalized spacial score (nSPS) is 27.0. The van der Waals surface area contributed by atoms with Crippen LogP contribution in [-0.2, 0) is 26.7 Å². The third-order valence-electron chi connectivity index (χ3n) is 8.24. The molecule has 5 rings (SSSR count). The van der Waals surface area contributed by atoms with Crippen molar-refractivity contribution in [3.05, 3.63) is 70.5 Å². The van der Waals surface area contributed by atoms with E-state index >= 15 is 0 Å². The maximum Gasteiger partial charge on any atom is 0.416 e. The molecule has 226 valence electrons. The molecule has 3 aliphatic rings. The quantitative estimate of drug-likeness (QED) is 0.347. The fourth-order valence-corrected chi connectivity index (χ4v) is 6.29. The van der Waals surface area contributed by atoms with Crippen LogP contribution in [0.5, 0.6) is 0 Å². The Bertz CT molecular complexity index is 1340. The molecule has 1 aliphatic carbocycles. The van der Waals surface area contributed by atoms with Crippen molar-refractivity contribution in [3.63, 3.8) is 0 Å². The minimum Gasteiger partial charge on any atom is -0.368 e. The molecule has 0 radical (unpaired) electrons. The van der Waals surface area contributed by atoms with Crippen LogP contribution in [0.4, 0.5) is 30.7 Å². The molecule has 5 nitrogen and oxygen atoms in total. The number of nitrogens with zero attached hydrogens (tertiary/aromatic N) is 2. The Kier molecular flexibility index (Phi) is 8.21. The number of halogens is 7. The Labute approximate surface area is 237 Å². The van der Waals surface area contributed by atoms with E-state index in [-0.39, 0.29) is 42.7 Å². The van der Waals surface area contributed by atoms with Crippen LogP contribution in [0.3, 0.4) is 0 Å². The molecule has 42 heavy (non-hydrogen) atoms. The molecule has 1 saturated carbocycles. The summed E-state index contributed by atoms with van der Waals surface area (Å²) in [5.74, 6) is -1.15. The third kappa shape index (κ3) is 6.53. The fourth-order valence-electron chi connectivity index (χ4n) is 6.29. The minimum absolute atomic E-state index is 0.0583. The molecule has 3 fully saturated rings. The number of alkyl halides is 6. The van der Waals surface area contributed by atoms with Gasteiger partial charge in [-0.25, -0.2) is 4.39 Å². The van der Waals surface area contributed by atoms with Gasteiger partial charge in [0, 0.05) is 43.5 Å². The van der Waals surface area contributed by atoms with Crippen LogP contribution in [0.15, 0.2) is 47.5 Å². The predicted octanol–water partition coefficient (Wildman–Crippen LogP) is 7.05. The zero-order valence-corrected chi connectivity index (χ0v) is 22.6. The topological polar surface area (TPSA) is 59.0 Å². The molecule has 2 aliphatic heterocycles. The average Bonchev–Trinajstić information content (AvgIpc) is 3.26. The van der Waals surface area contributed by atoms with Gasteiger partial charge in [-0.15, -0.1) is 0 Å². The number of carbonyl (C=O) groups is 2. The zero-order valence-electron chi connectivity index (χ0n) is 22.6. The largest absolute Gasteiger partial charge is 0.416 e. The van der Waals surface area contributed by atoms with Gasteiger partial charge in [0.25, 0.3) is 0 Å². The van der Waals surface area contributed by atoms with Gasteiger partial charge in [0.05, 0.1) is 29.4 Å². The van der Waals surface area contributed by atoms with Crippen molar-refractivity contribution in [2.24, 2.45) is 4.99 Å². The molecule has 2 aromatic rings. The van der Waals surface area contributed by atoms with Crippen molar-refractivity contribution in [2.75, 3.05) is 6.54 Å². The zero-order chi connectivity index (χ0) is 30.4. The lowest BCUT2D eigenvalue weighted by Gasteiger charge is -2.36. The van der Waals surface area contributed by atoms with Gasteiger partial charge in [-0.2, -0.15) is 26.3 Å². The first-order valence-corrected chi connectivity index (χ1v) is 13.8. The van der Waals surface area contributed by atoms with Crippen molar-refractivity contribution in [2.45, 2.75) is 88.0 Å². The summed E-state index contributed by atoms with van der Waals surface area (Å²) >= 11 is 0. The number of benzene rings is 2. The lowest BCUT2D eigenvalue weighted by atomic mass is 9.84. The van der Waals surface area contributed by atoms with Gasteiger partial charge < -0.3 is 9.64 Å². The molecule has 0 spiro atoms. The standard InChI is InChI=1S/C30H29F7N2O3/c1-16(18-9-19(29(32,33)34)11-20(10-18)30(35,36)37)42-26-15-39-25(28(26)17-5-7-21(31)8-6-17)13-23(14-27(39)41)38-22-3-2-4-24(40)12-22/h5-11,16,23,25-26,28H,2-4,12-15H2,1H3/t16-,23?,25+,26+,28+/m1/s1. The molecular formula is C30H29F7N2O3. The predicted molar refractivity (Wildman–Crippen MR) is 138 cm³/mol. The van der Waals surface area contributed by atoms with Crippen molar-refractivity contribution in [3.8, 4) is 0 Å². The molecule has 2 saturated heterocycles. The van der Waals surface area contributed by atoms with Crippen LogP contribution in [0.25, 0.3) is 0 Å². The van der Waals surface area contributed by atoms with Gasteiger partial charge in [-0.05, 0) is 67.6 Å². The molecule has 0 N–H and O–H groups in total. The lowest BCUT2D eigenvalue weighted by molar-refractivity contribution is -0.143. The molecule has 12 heteroatoms. The van der Waals surface area contributed by atoms with E-state index in [9.17, 15) is 40.3 Å². The number of aliphatic imine (C=N–C) groups is 1. The Hall–Kier alpha value is -3.28. The molecule has 2 aromatic carbocycles. The highest BCUT2D eigenvalue weighted by atomic mass is 19.4. The molecule has 5 atom stereocenters. The first-order valence-electron chi connectivity index (χ1n) is 13.8. The summed E-state index contributed by atoms with van der Waals surface area (Å²) in [6.45, 7) is 1.42. The van der Waals surface area contributed by atoms with E-state index in [1.165, 1.54) is 31.2 Å². The number of amides is 1. The van der Waals surface area contributed by atoms with Gasteiger partial charge in [0.2, 0.25) is 5.91 Å². The summed E-state index contributed by atoms with van der Waals surface area (Å²) in [6.07, 6.45) is -9.36. The van der Waals surface area contributed by atoms with E-state index in [1.54, 1.807) is 4.90 Å². The van der Waals surface area contributed by atoms with Crippen molar-refractivity contribution in [1.82, 2.24) is 4.90 Å². The maximum atomic E-state index is 13.8. The Balaban J connectivity index is 1.45. The smallest absolute Gasteiger partial charge is 0.368 e. The molecule has 0 bridgehead atoms. The first kappa shape index (κ1) is 30.2. The summed E-state index contributed by atoms with van der Waals surface area (Å²) in [4.78, 5) is 31.5. The van der Waals surface area contributed by atoms with Crippen molar-refractivity contribution < 1.29 is 45.1 Å². The van der Waals surface area contributed by atoms with Crippen LogP contribution in [0, 0.1) is 5.82 Å². The van der Waals surface area contributed by atoms with Crippen LogP contribution in [-0.4, -0.2) is 47.0 Å². The Morgan fingerprint density at radius 2 is 1.60 bits per heavy atom. The molecule has 1 unspecified atom stereocenters. The van der Waals surface area contributed by atoms with Crippen LogP contribution < -0.4 is 0 Å². The second-order valence-corrected chi connectivity index (χ2v) is 11.2. The number of hydrogen-bond donors (Lipinski definition) is 0. The van der Waals surface area contributed by atoms with Crippen LogP contribution in [0.1, 0.15) is 79.7 Å². The van der Waals surface area contributed by atoms with E-state index in [0.717, 1.165) is 5.71 Å². The SMILES string of the molecule is C[C@@H](O[C@H]1CN2C(=O)CC(N=C3CCCC(=O)C3)C[C@H]2[C@@H]1c1ccc(F)cc1)c1cc(C(F)(F)F)cc(C(F)(F)F)c1. The summed E-state index contributed by atoms with van der Waals surface area (Å²) < 4.78 is 101. The first-order chi connectivity index (χ1) is 19.7. The van der Waals surface area contributed by atoms with Gasteiger partial charge in [0.15, 0.2) is 0 Å². The highest BCUT2D eigenvalue weighted by Crippen LogP contribution is 2.44. The number of ketones is 1. The number of piperidine rings is 1. The summed E-state index contributed by atoms with van der Waals surface area (Å²) in [5.41, 5.74) is -1.83. The Morgan fingerprint density at radius 1 is 0.952 bits per heavy atom. The molecule has 0 aromatic heterocycles. The van der Waals surface area contributed by atoms with Gasteiger partial charge in [0.1, 0.15) is 11.6 Å². The maximum absolute atomic E-state index is 13.8. The number of Topliss-reactive ketones (excluding diaryl/α,β-unsaturated/α-hetero) is 1. The fraction of sp³-hybridized carbons (Fsp3) is 0.500. The summed E-state index contributed by atoms with van der Waals surface area (Å²) in [7, 11) is 0. The number of rotatable bonds is 5. The van der Waals surface area contributed by atoms with Crippen LogP contribution >= 0.6 is 0 Å². The highest BCUT2D eigenvalue weighted by molar-refractivity contribution is 6.04. The Morgan fingerprint density at radius 3 is 2.19 bits per heavy atom. The number of fused-ring (bicyclic) bond motifs is 1. The van der Waals surface area contributed by atoms with E-state index < -0.39 is 59.5 Å². The van der Waals surface area contributed by atoms with Gasteiger partial charge in [-0.1, -0.05) is 12.1 Å². The number of carbonyl (C=O) groups excluding carboxylic acids is 2. The summed E-state index contributed by atoms with van der Waals surface area (Å²) in [5, 5.41) is 0. The second kappa shape index (κ2) is 11.4. The molecular weight excluding hydrogens is 569 g/mol. The van der Waals surface area contributed by atoms with Gasteiger partial charge >= 0.3 is 12.4 Å². The number of hydrogen-bond acceptors (Lipinski definition) is 4. The van der Waals surface area contributed by atoms with Gasteiger partial charge in [-0.3, -0.25) is 14.6 Å². The third-order valence-corrected chi connectivity index (χ3v) is 8.24. The summed E-state index contributed by atoms with van der Waals surface area (Å²) in [6, 6.07) is 6.07. The number of ether oxygens (including phenoxy) is 1. The molecule has 2 heterocycles. The van der Waals surface area contributed by atoms with E-state index in [2.05, 4.69) is 0 Å². The monoisotopic (exact) mass is 598 g/mol. The van der Waals surface area contributed by atoms with E-state index in [0.29, 0.717) is 43.4 Å². The van der Waals surface area contributed by atoms with E-state index in [4.69, 9.17) is 9.73 Å². The lowest BCUT2D eigenvalue weighted by Crippen LogP contribution is -2.45. The van der Waals surface area contributed by atoms with E-state index in [1.807, 2.05) is 0 Å².